The zero-order valence-corrected chi connectivity index (χ0v) is 11.7. The summed E-state index contributed by atoms with van der Waals surface area (Å²) in [4.78, 5) is 14.0. The Hall–Kier alpha value is -1.13. The van der Waals surface area contributed by atoms with Crippen LogP contribution in [0.25, 0.3) is 0 Å². The van der Waals surface area contributed by atoms with E-state index in [1.165, 1.54) is 0 Å². The number of aromatic nitrogens is 1. The molecule has 4 heteroatoms. The summed E-state index contributed by atoms with van der Waals surface area (Å²) >= 11 is 0. The highest BCUT2D eigenvalue weighted by molar-refractivity contribution is 4.93. The van der Waals surface area contributed by atoms with E-state index in [9.17, 15) is 4.79 Å². The summed E-state index contributed by atoms with van der Waals surface area (Å²) in [7, 11) is 0. The molecule has 0 aliphatic carbocycles. The maximum Gasteiger partial charge on any atom is 0.250 e. The third-order valence-electron chi connectivity index (χ3n) is 3.36. The number of hydrogen-bond donors (Lipinski definition) is 1. The molecule has 1 aromatic heterocycles. The molecule has 0 aliphatic rings. The molecular formula is C14H25N3O. The van der Waals surface area contributed by atoms with Gasteiger partial charge in [0.1, 0.15) is 0 Å². The first-order valence-electron chi connectivity index (χ1n) is 6.62. The molecule has 1 rings (SSSR count). The average molecular weight is 251 g/mol. The second-order valence-electron chi connectivity index (χ2n) is 5.24. The summed E-state index contributed by atoms with van der Waals surface area (Å²) in [6.45, 7) is 9.65. The quantitative estimate of drug-likeness (QED) is 0.794. The third-order valence-corrected chi connectivity index (χ3v) is 3.36. The molecule has 0 saturated carbocycles. The first-order valence-corrected chi connectivity index (χ1v) is 6.62. The highest BCUT2D eigenvalue weighted by atomic mass is 16.1. The molecule has 1 heterocycles. The lowest BCUT2D eigenvalue weighted by Crippen LogP contribution is -2.51. The predicted octanol–water partition coefficient (Wildman–Crippen LogP) is 1.30. The standard InChI is InChI=1S/C14H25N3O/c1-4-8-17(14(2,3)12-15)11-10-16-9-6-5-7-13(16)18/h5-7,9H,4,8,10-12,15H2,1-3H3. The average Bonchev–Trinajstić information content (AvgIpc) is 2.36. The molecule has 1 aromatic rings. The van der Waals surface area contributed by atoms with Crippen LogP contribution in [-0.2, 0) is 6.54 Å². The van der Waals surface area contributed by atoms with Crippen LogP contribution in [0.3, 0.4) is 0 Å². The fourth-order valence-corrected chi connectivity index (χ4v) is 1.99. The minimum Gasteiger partial charge on any atom is -0.329 e. The van der Waals surface area contributed by atoms with Gasteiger partial charge in [-0.05, 0) is 32.9 Å². The summed E-state index contributed by atoms with van der Waals surface area (Å²) in [5.74, 6) is 0. The van der Waals surface area contributed by atoms with Gasteiger partial charge in [-0.2, -0.15) is 0 Å². The van der Waals surface area contributed by atoms with Crippen molar-refractivity contribution in [1.82, 2.24) is 9.47 Å². The van der Waals surface area contributed by atoms with Crippen LogP contribution < -0.4 is 11.3 Å². The Balaban J connectivity index is 2.69. The van der Waals surface area contributed by atoms with Crippen molar-refractivity contribution in [3.05, 3.63) is 34.7 Å². The SMILES string of the molecule is CCCN(CCn1ccccc1=O)C(C)(C)CN. The van der Waals surface area contributed by atoms with Crippen LogP contribution in [0.5, 0.6) is 0 Å². The van der Waals surface area contributed by atoms with Crippen molar-refractivity contribution in [3.8, 4) is 0 Å². The van der Waals surface area contributed by atoms with Crippen LogP contribution in [0, 0.1) is 0 Å². The van der Waals surface area contributed by atoms with Crippen molar-refractivity contribution in [1.29, 1.82) is 0 Å². The van der Waals surface area contributed by atoms with Crippen molar-refractivity contribution >= 4 is 0 Å². The van der Waals surface area contributed by atoms with Crippen LogP contribution in [0.2, 0.25) is 0 Å². The summed E-state index contributed by atoms with van der Waals surface area (Å²) in [6.07, 6.45) is 2.93. The smallest absolute Gasteiger partial charge is 0.250 e. The molecule has 0 fully saturated rings. The number of nitrogens with two attached hydrogens (primary N) is 1. The van der Waals surface area contributed by atoms with Gasteiger partial charge in [-0.25, -0.2) is 0 Å². The highest BCUT2D eigenvalue weighted by Crippen LogP contribution is 2.13. The maximum atomic E-state index is 11.6. The monoisotopic (exact) mass is 251 g/mol. The van der Waals surface area contributed by atoms with Gasteiger partial charge in [0.2, 0.25) is 0 Å². The molecule has 0 aliphatic heterocycles. The minimum absolute atomic E-state index is 0.0194. The Morgan fingerprint density at radius 2 is 2.06 bits per heavy atom. The second-order valence-corrected chi connectivity index (χ2v) is 5.24. The van der Waals surface area contributed by atoms with Gasteiger partial charge in [-0.1, -0.05) is 13.0 Å². The van der Waals surface area contributed by atoms with Crippen molar-refractivity contribution in [2.24, 2.45) is 5.73 Å². The first kappa shape index (κ1) is 14.9. The summed E-state index contributed by atoms with van der Waals surface area (Å²) in [5.41, 5.74) is 5.86. The third kappa shape index (κ3) is 3.96. The van der Waals surface area contributed by atoms with Gasteiger partial charge < -0.3 is 10.3 Å². The van der Waals surface area contributed by atoms with E-state index in [1.54, 1.807) is 16.7 Å². The summed E-state index contributed by atoms with van der Waals surface area (Å²) < 4.78 is 1.75. The van der Waals surface area contributed by atoms with Crippen LogP contribution in [0.1, 0.15) is 27.2 Å². The van der Waals surface area contributed by atoms with Crippen molar-refractivity contribution in [2.45, 2.75) is 39.3 Å². The fraction of sp³-hybridized carbons (Fsp3) is 0.643. The molecule has 0 saturated heterocycles. The lowest BCUT2D eigenvalue weighted by molar-refractivity contribution is 0.121. The van der Waals surface area contributed by atoms with Crippen LogP contribution in [0.15, 0.2) is 29.2 Å². The molecule has 0 unspecified atom stereocenters. The van der Waals surface area contributed by atoms with Gasteiger partial charge in [-0.3, -0.25) is 9.69 Å². The molecule has 2 N–H and O–H groups in total. The molecule has 18 heavy (non-hydrogen) atoms. The molecular weight excluding hydrogens is 226 g/mol. The Kier molecular flexibility index (Phi) is 5.56. The van der Waals surface area contributed by atoms with Crippen molar-refractivity contribution in [2.75, 3.05) is 19.6 Å². The molecule has 0 atom stereocenters. The summed E-state index contributed by atoms with van der Waals surface area (Å²) in [5, 5.41) is 0. The van der Waals surface area contributed by atoms with Gasteiger partial charge >= 0.3 is 0 Å². The Bertz CT molecular complexity index is 412. The Morgan fingerprint density at radius 3 is 2.61 bits per heavy atom. The lowest BCUT2D eigenvalue weighted by Gasteiger charge is -2.37. The lowest BCUT2D eigenvalue weighted by atomic mass is 10.0. The second kappa shape index (κ2) is 6.71. The van der Waals surface area contributed by atoms with Gasteiger partial charge in [0, 0.05) is 37.4 Å². The Labute approximate surface area is 109 Å². The summed E-state index contributed by atoms with van der Waals surface area (Å²) in [6, 6.07) is 5.25. The largest absolute Gasteiger partial charge is 0.329 e. The molecule has 0 spiro atoms. The van der Waals surface area contributed by atoms with Crippen LogP contribution in [-0.4, -0.2) is 34.6 Å². The van der Waals surface area contributed by atoms with Gasteiger partial charge in [0.05, 0.1) is 0 Å². The number of rotatable bonds is 7. The molecule has 4 nitrogen and oxygen atoms in total. The van der Waals surface area contributed by atoms with E-state index in [0.717, 1.165) is 19.5 Å². The van der Waals surface area contributed by atoms with Gasteiger partial charge in [-0.15, -0.1) is 0 Å². The molecule has 0 radical (unpaired) electrons. The number of hydrogen-bond acceptors (Lipinski definition) is 3. The normalized spacial score (nSPS) is 12.1. The zero-order chi connectivity index (χ0) is 13.6. The maximum absolute atomic E-state index is 11.6. The van der Waals surface area contributed by atoms with Crippen LogP contribution >= 0.6 is 0 Å². The molecule has 0 aromatic carbocycles. The van der Waals surface area contributed by atoms with E-state index in [4.69, 9.17) is 5.73 Å². The van der Waals surface area contributed by atoms with E-state index in [0.29, 0.717) is 13.1 Å². The Morgan fingerprint density at radius 1 is 1.33 bits per heavy atom. The van der Waals surface area contributed by atoms with Crippen molar-refractivity contribution in [3.63, 3.8) is 0 Å². The first-order chi connectivity index (χ1) is 8.51. The zero-order valence-electron chi connectivity index (χ0n) is 11.7. The van der Waals surface area contributed by atoms with Crippen molar-refractivity contribution < 1.29 is 0 Å². The minimum atomic E-state index is -0.0194. The highest BCUT2D eigenvalue weighted by Gasteiger charge is 2.23. The fourth-order valence-electron chi connectivity index (χ4n) is 1.99. The van der Waals surface area contributed by atoms with E-state index < -0.39 is 0 Å². The van der Waals surface area contributed by atoms with E-state index in [1.807, 2.05) is 12.3 Å². The number of pyridine rings is 1. The van der Waals surface area contributed by atoms with E-state index >= 15 is 0 Å². The van der Waals surface area contributed by atoms with Gasteiger partial charge in [0.15, 0.2) is 0 Å². The van der Waals surface area contributed by atoms with Gasteiger partial charge in [0.25, 0.3) is 5.56 Å². The number of nitrogens with zero attached hydrogens (tertiary/aromatic N) is 2. The topological polar surface area (TPSA) is 51.3 Å². The molecule has 102 valence electrons. The van der Waals surface area contributed by atoms with E-state index in [2.05, 4.69) is 25.7 Å². The predicted molar refractivity (Wildman–Crippen MR) is 75.7 cm³/mol. The molecule has 0 bridgehead atoms. The molecule has 0 amide bonds. The van der Waals surface area contributed by atoms with Crippen LogP contribution in [0.4, 0.5) is 0 Å². The van der Waals surface area contributed by atoms with E-state index in [-0.39, 0.29) is 11.1 Å².